The molecule has 2 N–H and O–H groups in total. The van der Waals surface area contributed by atoms with E-state index in [4.69, 9.17) is 9.47 Å². The van der Waals surface area contributed by atoms with E-state index in [9.17, 15) is 9.59 Å². The number of hydrogen-bond donors (Lipinski definition) is 2. The van der Waals surface area contributed by atoms with Gasteiger partial charge in [0.15, 0.2) is 18.1 Å². The first-order valence-corrected chi connectivity index (χ1v) is 12.0. The zero-order valence-corrected chi connectivity index (χ0v) is 20.6. The molecule has 5 rings (SSSR count). The summed E-state index contributed by atoms with van der Waals surface area (Å²) >= 11 is 0. The Hall–Kier alpha value is -4.67. The number of rotatable bonds is 6. The van der Waals surface area contributed by atoms with Gasteiger partial charge in [0.25, 0.3) is 11.8 Å². The molecule has 11 heteroatoms. The first-order valence-electron chi connectivity index (χ1n) is 12.0. The van der Waals surface area contributed by atoms with E-state index in [2.05, 4.69) is 25.8 Å². The van der Waals surface area contributed by atoms with Gasteiger partial charge in [0.2, 0.25) is 0 Å². The van der Waals surface area contributed by atoms with Crippen LogP contribution in [0.3, 0.4) is 0 Å². The highest BCUT2D eigenvalue weighted by Crippen LogP contribution is 2.33. The van der Waals surface area contributed by atoms with Crippen LogP contribution in [-0.4, -0.2) is 56.4 Å². The van der Waals surface area contributed by atoms with Crippen LogP contribution in [0.25, 0.3) is 17.1 Å². The van der Waals surface area contributed by atoms with E-state index in [-0.39, 0.29) is 25.0 Å². The summed E-state index contributed by atoms with van der Waals surface area (Å²) in [5.41, 5.74) is 2.76. The van der Waals surface area contributed by atoms with Crippen molar-refractivity contribution in [1.82, 2.24) is 34.9 Å². The minimum atomic E-state index is -0.291. The minimum Gasteiger partial charge on any atom is -0.493 e. The molecule has 0 saturated carbocycles. The monoisotopic (exact) mass is 501 g/mol. The molecule has 4 bridgehead atoms. The van der Waals surface area contributed by atoms with Crippen LogP contribution in [0.1, 0.15) is 28.7 Å². The van der Waals surface area contributed by atoms with E-state index in [1.54, 1.807) is 43.9 Å². The highest BCUT2D eigenvalue weighted by atomic mass is 16.5. The highest BCUT2D eigenvalue weighted by molar-refractivity contribution is 5.95. The van der Waals surface area contributed by atoms with Gasteiger partial charge in [-0.1, -0.05) is 0 Å². The molecule has 0 fully saturated rings. The van der Waals surface area contributed by atoms with Crippen LogP contribution in [0.2, 0.25) is 0 Å². The summed E-state index contributed by atoms with van der Waals surface area (Å²) in [5.74, 6) is 1.91. The molecule has 0 unspecified atom stereocenters. The number of hydrogen-bond acceptors (Lipinski definition) is 7. The Morgan fingerprint density at radius 2 is 2.14 bits per heavy atom. The van der Waals surface area contributed by atoms with Crippen molar-refractivity contribution in [2.24, 2.45) is 0 Å². The molecular formula is C26H27N7O4. The van der Waals surface area contributed by atoms with Gasteiger partial charge in [0, 0.05) is 55.3 Å². The summed E-state index contributed by atoms with van der Waals surface area (Å²) in [7, 11) is 1.55. The van der Waals surface area contributed by atoms with Crippen molar-refractivity contribution >= 4 is 11.8 Å². The second-order valence-electron chi connectivity index (χ2n) is 8.48. The van der Waals surface area contributed by atoms with Crippen molar-refractivity contribution in [1.29, 1.82) is 0 Å². The molecule has 190 valence electrons. The van der Waals surface area contributed by atoms with E-state index in [0.29, 0.717) is 35.9 Å². The fraction of sp³-hybridized carbons (Fsp3) is 0.269. The molecule has 2 amide bonds. The number of carbonyl (C=O) groups is 2. The Labute approximate surface area is 213 Å². The topological polar surface area (TPSA) is 125 Å². The Kier molecular flexibility index (Phi) is 6.84. The summed E-state index contributed by atoms with van der Waals surface area (Å²) in [6.07, 6.45) is 5.77. The number of methoxy groups -OCH3 is 1. The highest BCUT2D eigenvalue weighted by Gasteiger charge is 2.17. The first kappa shape index (κ1) is 24.0. The fourth-order valence-corrected chi connectivity index (χ4v) is 4.22. The predicted molar refractivity (Wildman–Crippen MR) is 135 cm³/mol. The molecule has 1 aliphatic rings. The number of carbonyl (C=O) groups excluding carboxylic acids is 2. The average Bonchev–Trinajstić information content (AvgIpc) is 3.59. The molecule has 3 heterocycles. The number of nitrogens with zero attached hydrogens (tertiary/aromatic N) is 5. The molecule has 4 aromatic rings. The predicted octanol–water partition coefficient (Wildman–Crippen LogP) is 2.14. The molecule has 11 nitrogen and oxygen atoms in total. The minimum absolute atomic E-state index is 0.177. The number of ether oxygens (including phenoxy) is 2. The smallest absolute Gasteiger partial charge is 0.258 e. The maximum atomic E-state index is 13.1. The third-order valence-corrected chi connectivity index (χ3v) is 6.10. The van der Waals surface area contributed by atoms with Crippen LogP contribution < -0.4 is 20.1 Å². The summed E-state index contributed by atoms with van der Waals surface area (Å²) in [6, 6.07) is 10.9. The van der Waals surface area contributed by atoms with Gasteiger partial charge in [-0.3, -0.25) is 14.2 Å². The quantitative estimate of drug-likeness (QED) is 0.415. The van der Waals surface area contributed by atoms with E-state index < -0.39 is 0 Å². The van der Waals surface area contributed by atoms with Crippen molar-refractivity contribution in [2.45, 2.75) is 26.4 Å². The van der Waals surface area contributed by atoms with Crippen molar-refractivity contribution in [2.75, 3.05) is 20.3 Å². The SMILES string of the molecule is CCn1cnnc1CCNC(=O)c1cc2cc(c1)-n1ccnc1-c1ccc(OC)c(c1)OCC(=O)NC2. The number of fused-ring (bicyclic) bond motifs is 7. The van der Waals surface area contributed by atoms with Gasteiger partial charge in [0.1, 0.15) is 18.0 Å². The van der Waals surface area contributed by atoms with Crippen LogP contribution >= 0.6 is 0 Å². The van der Waals surface area contributed by atoms with Crippen LogP contribution in [0.5, 0.6) is 11.5 Å². The van der Waals surface area contributed by atoms with Gasteiger partial charge in [-0.05, 0) is 48.9 Å². The van der Waals surface area contributed by atoms with Gasteiger partial charge in [0.05, 0.1) is 7.11 Å². The van der Waals surface area contributed by atoms with Crippen LogP contribution in [0, 0.1) is 0 Å². The van der Waals surface area contributed by atoms with Crippen LogP contribution in [0.4, 0.5) is 0 Å². The van der Waals surface area contributed by atoms with Crippen molar-refractivity contribution in [3.8, 4) is 28.6 Å². The van der Waals surface area contributed by atoms with E-state index >= 15 is 0 Å². The Bertz CT molecular complexity index is 1440. The second kappa shape index (κ2) is 10.5. The number of aromatic nitrogens is 5. The van der Waals surface area contributed by atoms with Crippen molar-refractivity contribution < 1.29 is 19.1 Å². The Morgan fingerprint density at radius 1 is 1.24 bits per heavy atom. The molecule has 37 heavy (non-hydrogen) atoms. The maximum Gasteiger partial charge on any atom is 0.258 e. The number of imidazole rings is 1. The largest absolute Gasteiger partial charge is 0.493 e. The maximum absolute atomic E-state index is 13.1. The lowest BCUT2D eigenvalue weighted by Gasteiger charge is -2.14. The van der Waals surface area contributed by atoms with Crippen LogP contribution in [0.15, 0.2) is 55.1 Å². The van der Waals surface area contributed by atoms with Gasteiger partial charge >= 0.3 is 0 Å². The summed E-state index contributed by atoms with van der Waals surface area (Å²) < 4.78 is 15.0. The number of amides is 2. The first-order chi connectivity index (χ1) is 18.1. The normalized spacial score (nSPS) is 12.8. The molecule has 1 aliphatic heterocycles. The molecule has 2 aromatic carbocycles. The van der Waals surface area contributed by atoms with Crippen molar-refractivity contribution in [3.63, 3.8) is 0 Å². The van der Waals surface area contributed by atoms with Crippen molar-refractivity contribution in [3.05, 3.63) is 72.1 Å². The molecule has 2 aromatic heterocycles. The molecule has 0 aliphatic carbocycles. The fourth-order valence-electron chi connectivity index (χ4n) is 4.22. The average molecular weight is 502 g/mol. The number of aryl methyl sites for hydroxylation is 1. The zero-order chi connectivity index (χ0) is 25.8. The third-order valence-electron chi connectivity index (χ3n) is 6.10. The lowest BCUT2D eigenvalue weighted by atomic mass is 10.1. The van der Waals surface area contributed by atoms with E-state index in [0.717, 1.165) is 29.2 Å². The van der Waals surface area contributed by atoms with Crippen LogP contribution in [-0.2, 0) is 24.3 Å². The van der Waals surface area contributed by atoms with Gasteiger partial charge in [-0.25, -0.2) is 4.98 Å². The van der Waals surface area contributed by atoms with E-state index in [1.165, 1.54) is 0 Å². The molecule has 0 atom stereocenters. The second-order valence-corrected chi connectivity index (χ2v) is 8.48. The zero-order valence-electron chi connectivity index (χ0n) is 20.6. The Morgan fingerprint density at radius 3 is 2.97 bits per heavy atom. The molecule has 0 radical (unpaired) electrons. The Balaban J connectivity index is 1.47. The van der Waals surface area contributed by atoms with Gasteiger partial charge < -0.3 is 24.7 Å². The third kappa shape index (κ3) is 5.15. The van der Waals surface area contributed by atoms with Gasteiger partial charge in [-0.15, -0.1) is 10.2 Å². The summed E-state index contributed by atoms with van der Waals surface area (Å²) in [5, 5.41) is 13.9. The number of nitrogens with one attached hydrogen (secondary N) is 2. The molecule has 0 spiro atoms. The standard InChI is InChI=1S/C26H27N7O4/c1-3-32-16-30-31-23(32)6-7-28-26(35)19-10-17-11-20(12-19)33-9-8-27-25(33)18-4-5-21(36-2)22(13-18)37-15-24(34)29-14-17/h4-5,8-13,16H,3,6-7,14-15H2,1-2H3,(H,28,35)(H,29,34). The van der Waals surface area contributed by atoms with Gasteiger partial charge in [-0.2, -0.15) is 0 Å². The number of benzene rings is 2. The summed E-state index contributed by atoms with van der Waals surface area (Å²) in [4.78, 5) is 30.2. The lowest BCUT2D eigenvalue weighted by molar-refractivity contribution is -0.123. The summed E-state index contributed by atoms with van der Waals surface area (Å²) in [6.45, 7) is 3.25. The van der Waals surface area contributed by atoms with E-state index in [1.807, 2.05) is 34.4 Å². The lowest BCUT2D eigenvalue weighted by Crippen LogP contribution is -2.29. The molecular weight excluding hydrogens is 474 g/mol. The molecule has 0 saturated heterocycles.